The summed E-state index contributed by atoms with van der Waals surface area (Å²) < 4.78 is 0. The van der Waals surface area contributed by atoms with E-state index < -0.39 is 0 Å². The van der Waals surface area contributed by atoms with E-state index in [9.17, 15) is 4.79 Å². The van der Waals surface area contributed by atoms with Crippen molar-refractivity contribution in [1.82, 2.24) is 5.32 Å². The molecular formula is C15H30BrNO. The number of amides is 1. The van der Waals surface area contributed by atoms with Crippen LogP contribution in [0.15, 0.2) is 0 Å². The second-order valence-corrected chi connectivity index (χ2v) is 8.93. The van der Waals surface area contributed by atoms with E-state index in [1.54, 1.807) is 0 Å². The molecule has 2 nitrogen and oxygen atoms in total. The summed E-state index contributed by atoms with van der Waals surface area (Å²) in [7, 11) is 0. The molecule has 18 heavy (non-hydrogen) atoms. The predicted molar refractivity (Wildman–Crippen MR) is 83.0 cm³/mol. The average Bonchev–Trinajstić information content (AvgIpc) is 2.10. The van der Waals surface area contributed by atoms with Crippen molar-refractivity contribution in [1.29, 1.82) is 0 Å². The molecule has 2 atom stereocenters. The van der Waals surface area contributed by atoms with Gasteiger partial charge in [0.1, 0.15) is 0 Å². The van der Waals surface area contributed by atoms with E-state index in [-0.39, 0.29) is 16.7 Å². The van der Waals surface area contributed by atoms with Crippen LogP contribution in [0, 0.1) is 16.7 Å². The molecule has 1 N–H and O–H groups in total. The predicted octanol–water partition coefficient (Wildman–Crippen LogP) is 4.37. The van der Waals surface area contributed by atoms with Gasteiger partial charge in [-0.05, 0) is 23.2 Å². The summed E-state index contributed by atoms with van der Waals surface area (Å²) in [6, 6.07) is 0. The van der Waals surface area contributed by atoms with Crippen molar-refractivity contribution in [3.63, 3.8) is 0 Å². The van der Waals surface area contributed by atoms with Gasteiger partial charge in [0.15, 0.2) is 0 Å². The van der Waals surface area contributed by atoms with Gasteiger partial charge in [0, 0.05) is 17.8 Å². The third-order valence-electron chi connectivity index (χ3n) is 3.32. The lowest BCUT2D eigenvalue weighted by Crippen LogP contribution is -2.34. The van der Waals surface area contributed by atoms with E-state index in [4.69, 9.17) is 0 Å². The third kappa shape index (κ3) is 8.96. The number of halogens is 1. The second kappa shape index (κ2) is 6.93. The van der Waals surface area contributed by atoms with E-state index >= 15 is 0 Å². The molecule has 0 saturated heterocycles. The van der Waals surface area contributed by atoms with Gasteiger partial charge in [-0.2, -0.15) is 0 Å². The molecule has 0 fully saturated rings. The van der Waals surface area contributed by atoms with Gasteiger partial charge in [-0.3, -0.25) is 4.79 Å². The summed E-state index contributed by atoms with van der Waals surface area (Å²) in [5, 5.41) is 3.02. The van der Waals surface area contributed by atoms with Gasteiger partial charge in [-0.15, -0.1) is 0 Å². The molecule has 0 spiro atoms. The lowest BCUT2D eigenvalue weighted by atomic mass is 9.80. The van der Waals surface area contributed by atoms with Gasteiger partial charge in [-0.1, -0.05) is 64.4 Å². The van der Waals surface area contributed by atoms with Crippen molar-refractivity contribution in [2.45, 2.75) is 66.1 Å². The standard InChI is InChI=1S/C15H30BrNO/c1-11(15(5,6)7)8-13(18)17-10-12(16)9-14(2,3)4/h11-12H,8-10H2,1-7H3,(H,17,18). The van der Waals surface area contributed by atoms with Gasteiger partial charge in [0.2, 0.25) is 5.91 Å². The number of rotatable bonds is 5. The number of nitrogens with one attached hydrogen (secondary N) is 1. The maximum Gasteiger partial charge on any atom is 0.220 e. The number of hydrogen-bond acceptors (Lipinski definition) is 1. The molecule has 3 heteroatoms. The Morgan fingerprint density at radius 3 is 2.06 bits per heavy atom. The highest BCUT2D eigenvalue weighted by Gasteiger charge is 2.23. The first-order valence-corrected chi connectivity index (χ1v) is 7.74. The maximum atomic E-state index is 11.8. The van der Waals surface area contributed by atoms with E-state index in [1.165, 1.54) is 0 Å². The molecule has 1 amide bonds. The monoisotopic (exact) mass is 319 g/mol. The highest BCUT2D eigenvalue weighted by molar-refractivity contribution is 9.09. The molecule has 0 bridgehead atoms. The highest BCUT2D eigenvalue weighted by atomic mass is 79.9. The summed E-state index contributed by atoms with van der Waals surface area (Å²) in [6.45, 7) is 16.0. The van der Waals surface area contributed by atoms with Gasteiger partial charge < -0.3 is 5.32 Å². The maximum absolute atomic E-state index is 11.8. The van der Waals surface area contributed by atoms with Crippen LogP contribution in [0.2, 0.25) is 0 Å². The lowest BCUT2D eigenvalue weighted by Gasteiger charge is -2.27. The zero-order valence-corrected chi connectivity index (χ0v) is 14.6. The Hall–Kier alpha value is -0.0500. The molecule has 2 unspecified atom stereocenters. The Morgan fingerprint density at radius 1 is 1.17 bits per heavy atom. The fourth-order valence-corrected chi connectivity index (χ4v) is 2.75. The molecule has 0 aromatic heterocycles. The minimum Gasteiger partial charge on any atom is -0.355 e. The lowest BCUT2D eigenvalue weighted by molar-refractivity contribution is -0.122. The Labute approximate surface area is 121 Å². The Balaban J connectivity index is 3.98. The average molecular weight is 320 g/mol. The zero-order chi connectivity index (χ0) is 14.6. The molecule has 0 rings (SSSR count). The molecular weight excluding hydrogens is 290 g/mol. The van der Waals surface area contributed by atoms with Crippen LogP contribution in [0.25, 0.3) is 0 Å². The fourth-order valence-electron chi connectivity index (χ4n) is 1.62. The minimum atomic E-state index is 0.163. The van der Waals surface area contributed by atoms with Crippen LogP contribution in [-0.2, 0) is 4.79 Å². The largest absolute Gasteiger partial charge is 0.355 e. The first kappa shape index (κ1) is 17.9. The van der Waals surface area contributed by atoms with Crippen molar-refractivity contribution < 1.29 is 4.79 Å². The minimum absolute atomic E-state index is 0.163. The van der Waals surface area contributed by atoms with Gasteiger partial charge in [0.05, 0.1) is 0 Å². The van der Waals surface area contributed by atoms with Crippen molar-refractivity contribution in [2.24, 2.45) is 16.7 Å². The van der Waals surface area contributed by atoms with Crippen LogP contribution in [0.4, 0.5) is 0 Å². The summed E-state index contributed by atoms with van der Waals surface area (Å²) >= 11 is 3.63. The van der Waals surface area contributed by atoms with Crippen LogP contribution in [0.5, 0.6) is 0 Å². The smallest absolute Gasteiger partial charge is 0.220 e. The van der Waals surface area contributed by atoms with E-state index in [2.05, 4.69) is 69.7 Å². The number of alkyl halides is 1. The van der Waals surface area contributed by atoms with Gasteiger partial charge >= 0.3 is 0 Å². The van der Waals surface area contributed by atoms with Gasteiger partial charge in [-0.25, -0.2) is 0 Å². The second-order valence-electron chi connectivity index (χ2n) is 7.64. The van der Waals surface area contributed by atoms with Crippen LogP contribution < -0.4 is 5.32 Å². The van der Waals surface area contributed by atoms with Crippen molar-refractivity contribution in [2.75, 3.05) is 6.54 Å². The molecule has 0 heterocycles. The number of carbonyl (C=O) groups is 1. The quantitative estimate of drug-likeness (QED) is 0.749. The van der Waals surface area contributed by atoms with E-state index in [0.29, 0.717) is 23.7 Å². The Kier molecular flexibility index (Phi) is 6.91. The first-order chi connectivity index (χ1) is 7.92. The number of carbonyl (C=O) groups excluding carboxylic acids is 1. The molecule has 0 aliphatic carbocycles. The van der Waals surface area contributed by atoms with Crippen LogP contribution in [0.1, 0.15) is 61.3 Å². The van der Waals surface area contributed by atoms with E-state index in [0.717, 1.165) is 6.42 Å². The Bertz CT molecular complexity index is 263. The van der Waals surface area contributed by atoms with Gasteiger partial charge in [0.25, 0.3) is 0 Å². The fraction of sp³-hybridized carbons (Fsp3) is 0.933. The molecule has 0 radical (unpaired) electrons. The topological polar surface area (TPSA) is 29.1 Å². The molecule has 0 aliphatic heterocycles. The van der Waals surface area contributed by atoms with Crippen molar-refractivity contribution in [3.8, 4) is 0 Å². The SMILES string of the molecule is CC(CC(=O)NCC(Br)CC(C)(C)C)C(C)(C)C. The molecule has 0 saturated carbocycles. The summed E-state index contributed by atoms with van der Waals surface area (Å²) in [6.07, 6.45) is 1.67. The highest BCUT2D eigenvalue weighted by Crippen LogP contribution is 2.28. The first-order valence-electron chi connectivity index (χ1n) is 6.82. The van der Waals surface area contributed by atoms with Crippen LogP contribution in [-0.4, -0.2) is 17.3 Å². The number of hydrogen-bond donors (Lipinski definition) is 1. The van der Waals surface area contributed by atoms with E-state index in [1.807, 2.05) is 0 Å². The Morgan fingerprint density at radius 2 is 1.67 bits per heavy atom. The van der Waals surface area contributed by atoms with Crippen LogP contribution >= 0.6 is 15.9 Å². The summed E-state index contributed by atoms with van der Waals surface area (Å²) in [5.74, 6) is 0.560. The molecule has 0 aromatic rings. The molecule has 108 valence electrons. The normalized spacial score (nSPS) is 16.2. The van der Waals surface area contributed by atoms with Crippen molar-refractivity contribution >= 4 is 21.8 Å². The zero-order valence-electron chi connectivity index (χ0n) is 13.1. The summed E-state index contributed by atoms with van der Waals surface area (Å²) in [4.78, 5) is 12.2. The van der Waals surface area contributed by atoms with Crippen molar-refractivity contribution in [3.05, 3.63) is 0 Å². The van der Waals surface area contributed by atoms with Crippen LogP contribution in [0.3, 0.4) is 0 Å². The molecule has 0 aliphatic rings. The molecule has 0 aromatic carbocycles. The third-order valence-corrected chi connectivity index (χ3v) is 3.97. The summed E-state index contributed by atoms with van der Waals surface area (Å²) in [5.41, 5.74) is 0.480.